The maximum absolute atomic E-state index is 12.6. The van der Waals surface area contributed by atoms with E-state index >= 15 is 0 Å². The summed E-state index contributed by atoms with van der Waals surface area (Å²) in [5.41, 5.74) is 1.77. The van der Waals surface area contributed by atoms with Crippen LogP contribution in [0.25, 0.3) is 0 Å². The van der Waals surface area contributed by atoms with Gasteiger partial charge in [-0.05, 0) is 81.7 Å². The third kappa shape index (κ3) is 7.06. The number of carbonyl (C=O) groups excluding carboxylic acids is 1. The molecule has 2 aliphatic carbocycles. The molecule has 6 rings (SSSR count). The highest BCUT2D eigenvalue weighted by Crippen LogP contribution is 2.72. The fraction of sp³-hybridized carbons (Fsp3) is 0.372. The second-order valence-electron chi connectivity index (χ2n) is 15.3. The quantitative estimate of drug-likeness (QED) is 0.167. The van der Waals surface area contributed by atoms with E-state index in [4.69, 9.17) is 14.2 Å². The van der Waals surface area contributed by atoms with Crippen molar-refractivity contribution in [3.8, 4) is 35.1 Å². The topological polar surface area (TPSA) is 92.3 Å². The lowest BCUT2D eigenvalue weighted by Gasteiger charge is -2.14. The number of nitrogens with zero attached hydrogens (tertiary/aromatic N) is 2. The molecule has 4 aromatic rings. The zero-order valence-electron chi connectivity index (χ0n) is 29.7. The largest absolute Gasteiger partial charge is 0.457 e. The van der Waals surface area contributed by atoms with Crippen molar-refractivity contribution in [3.63, 3.8) is 0 Å². The Morgan fingerprint density at radius 2 is 1.00 bits per heavy atom. The molecule has 252 valence electrons. The van der Waals surface area contributed by atoms with Gasteiger partial charge in [0.1, 0.15) is 29.1 Å². The molecule has 0 amide bonds. The molecule has 2 atom stereocenters. The molecule has 2 fully saturated rings. The molecule has 4 aromatic carbocycles. The van der Waals surface area contributed by atoms with Gasteiger partial charge in [0, 0.05) is 5.56 Å². The first-order valence-electron chi connectivity index (χ1n) is 16.8. The zero-order valence-corrected chi connectivity index (χ0v) is 29.7. The van der Waals surface area contributed by atoms with Crippen LogP contribution in [0.1, 0.15) is 78.5 Å². The van der Waals surface area contributed by atoms with Crippen LogP contribution in [0.3, 0.4) is 0 Å². The van der Waals surface area contributed by atoms with E-state index in [0.717, 1.165) is 17.1 Å². The minimum atomic E-state index is -0.950. The molecule has 49 heavy (non-hydrogen) atoms. The molecule has 6 nitrogen and oxygen atoms in total. The van der Waals surface area contributed by atoms with Crippen LogP contribution in [0, 0.1) is 56.2 Å². The van der Waals surface area contributed by atoms with Gasteiger partial charge in [0.2, 0.25) is 6.10 Å². The molecule has 0 N–H and O–H groups in total. The molecule has 6 heteroatoms. The number of benzene rings is 4. The number of hydrogen-bond acceptors (Lipinski definition) is 6. The molecule has 2 aliphatic rings. The Labute approximate surface area is 291 Å². The molecule has 0 bridgehead atoms. The van der Waals surface area contributed by atoms with Crippen molar-refractivity contribution >= 4 is 5.97 Å². The third-order valence-electron chi connectivity index (χ3n) is 11.5. The first-order chi connectivity index (χ1) is 23.1. The molecule has 0 radical (unpaired) electrons. The molecule has 2 saturated carbocycles. The average Bonchev–Trinajstić information content (AvgIpc) is 3.69. The van der Waals surface area contributed by atoms with E-state index in [1.807, 2.05) is 84.9 Å². The van der Waals surface area contributed by atoms with E-state index in [1.165, 1.54) is 0 Å². The molecule has 0 aliphatic heterocycles. The van der Waals surface area contributed by atoms with Crippen LogP contribution in [-0.2, 0) is 9.53 Å². The predicted octanol–water partition coefficient (Wildman–Crippen LogP) is 11.0. The SMILES string of the molecule is CC1(C)C(C(=O)OC(C#N)c2cccc(Oc3ccccc3)c2)C1(C)C.CC1(C)C(C(C#N)c2cccc(Oc3ccccc3)c2)C1(C)C. The van der Waals surface area contributed by atoms with Gasteiger partial charge < -0.3 is 14.2 Å². The highest BCUT2D eigenvalue weighted by atomic mass is 16.5. The molecule has 2 unspecified atom stereocenters. The van der Waals surface area contributed by atoms with Crippen molar-refractivity contribution in [1.29, 1.82) is 10.5 Å². The summed E-state index contributed by atoms with van der Waals surface area (Å²) in [6, 6.07) is 38.8. The van der Waals surface area contributed by atoms with Gasteiger partial charge in [0.25, 0.3) is 0 Å². The Balaban J connectivity index is 0.000000192. The van der Waals surface area contributed by atoms with Gasteiger partial charge in [-0.2, -0.15) is 10.5 Å². The van der Waals surface area contributed by atoms with E-state index in [0.29, 0.717) is 23.0 Å². The van der Waals surface area contributed by atoms with Gasteiger partial charge in [0.15, 0.2) is 0 Å². The lowest BCUT2D eigenvalue weighted by Crippen LogP contribution is -2.15. The average molecular weight is 655 g/mol. The Morgan fingerprint density at radius 1 is 0.571 bits per heavy atom. The van der Waals surface area contributed by atoms with Gasteiger partial charge in [-0.1, -0.05) is 116 Å². The minimum Gasteiger partial charge on any atom is -0.457 e. The monoisotopic (exact) mass is 654 g/mol. The fourth-order valence-corrected chi connectivity index (χ4v) is 7.32. The Kier molecular flexibility index (Phi) is 9.67. The first kappa shape index (κ1) is 35.2. The van der Waals surface area contributed by atoms with E-state index < -0.39 is 6.10 Å². The minimum absolute atomic E-state index is 0.0978. The summed E-state index contributed by atoms with van der Waals surface area (Å²) < 4.78 is 17.2. The molecular weight excluding hydrogens is 608 g/mol. The smallest absolute Gasteiger partial charge is 0.311 e. The molecular formula is C43H46N2O4. The van der Waals surface area contributed by atoms with Crippen molar-refractivity contribution in [2.45, 2.75) is 67.4 Å². The summed E-state index contributed by atoms with van der Waals surface area (Å²) in [5.74, 6) is 2.64. The summed E-state index contributed by atoms with van der Waals surface area (Å²) in [6.07, 6.45) is -0.950. The number of ether oxygens (including phenoxy) is 3. The fourth-order valence-electron chi connectivity index (χ4n) is 7.32. The Hall–Kier alpha value is -5.07. The lowest BCUT2D eigenvalue weighted by atomic mass is 9.90. The number of esters is 1. The predicted molar refractivity (Wildman–Crippen MR) is 191 cm³/mol. The van der Waals surface area contributed by atoms with Crippen LogP contribution >= 0.6 is 0 Å². The van der Waals surface area contributed by atoms with Gasteiger partial charge in [-0.15, -0.1) is 0 Å². The normalized spacial score (nSPS) is 19.0. The van der Waals surface area contributed by atoms with E-state index in [-0.39, 0.29) is 39.5 Å². The highest BCUT2D eigenvalue weighted by Gasteiger charge is 2.69. The summed E-state index contributed by atoms with van der Waals surface area (Å²) >= 11 is 0. The molecule has 0 saturated heterocycles. The molecule has 0 spiro atoms. The zero-order chi connectivity index (χ0) is 35.6. The van der Waals surface area contributed by atoms with Crippen molar-refractivity contribution in [2.75, 3.05) is 0 Å². The van der Waals surface area contributed by atoms with Gasteiger partial charge in [-0.25, -0.2) is 0 Å². The lowest BCUT2D eigenvalue weighted by molar-refractivity contribution is -0.150. The second-order valence-corrected chi connectivity index (χ2v) is 15.3. The second kappa shape index (κ2) is 13.4. The van der Waals surface area contributed by atoms with E-state index in [2.05, 4.69) is 67.5 Å². The van der Waals surface area contributed by atoms with Crippen molar-refractivity contribution < 1.29 is 19.0 Å². The molecule has 0 heterocycles. The summed E-state index contributed by atoms with van der Waals surface area (Å²) in [5, 5.41) is 19.2. The van der Waals surface area contributed by atoms with Gasteiger partial charge in [-0.3, -0.25) is 4.79 Å². The number of para-hydroxylation sites is 2. The van der Waals surface area contributed by atoms with Crippen LogP contribution in [0.2, 0.25) is 0 Å². The van der Waals surface area contributed by atoms with Crippen molar-refractivity contribution in [3.05, 3.63) is 120 Å². The van der Waals surface area contributed by atoms with E-state index in [9.17, 15) is 15.3 Å². The van der Waals surface area contributed by atoms with Crippen LogP contribution in [0.15, 0.2) is 109 Å². The summed E-state index contributed by atoms with van der Waals surface area (Å²) in [4.78, 5) is 12.6. The van der Waals surface area contributed by atoms with E-state index in [1.54, 1.807) is 24.3 Å². The number of carbonyl (C=O) groups is 1. The Morgan fingerprint density at radius 3 is 1.41 bits per heavy atom. The van der Waals surface area contributed by atoms with Crippen molar-refractivity contribution in [1.82, 2.24) is 0 Å². The molecule has 0 aromatic heterocycles. The van der Waals surface area contributed by atoms with Crippen LogP contribution in [0.4, 0.5) is 0 Å². The van der Waals surface area contributed by atoms with Crippen molar-refractivity contribution in [2.24, 2.45) is 33.5 Å². The number of hydrogen-bond donors (Lipinski definition) is 0. The highest BCUT2D eigenvalue weighted by molar-refractivity contribution is 5.79. The van der Waals surface area contributed by atoms with Gasteiger partial charge in [0.05, 0.1) is 17.9 Å². The van der Waals surface area contributed by atoms with Crippen LogP contribution < -0.4 is 9.47 Å². The third-order valence-corrected chi connectivity index (χ3v) is 11.5. The number of nitriles is 2. The van der Waals surface area contributed by atoms with Gasteiger partial charge >= 0.3 is 5.97 Å². The maximum Gasteiger partial charge on any atom is 0.311 e. The first-order valence-corrected chi connectivity index (χ1v) is 16.8. The number of rotatable bonds is 9. The van der Waals surface area contributed by atoms with Crippen LogP contribution in [0.5, 0.6) is 23.0 Å². The maximum atomic E-state index is 12.6. The Bertz CT molecular complexity index is 1840. The summed E-state index contributed by atoms with van der Waals surface area (Å²) in [7, 11) is 0. The standard InChI is InChI=1S/C22H23NO3.C21H23NO/c1-21(2)19(22(21,3)4)20(24)26-18(14-23)15-9-8-12-17(13-15)25-16-10-6-5-7-11-16;1-20(2)19(21(20,3)4)18(14-22)15-9-8-12-17(13-15)23-16-10-6-5-7-11-16/h5-13,18-19H,1-4H3;5-13,18-19H,1-4H3. The summed E-state index contributed by atoms with van der Waals surface area (Å²) in [6.45, 7) is 17.2. The van der Waals surface area contributed by atoms with Crippen LogP contribution in [-0.4, -0.2) is 5.97 Å².